The third-order valence-electron chi connectivity index (χ3n) is 4.03. The molecule has 2 heterocycles. The van der Waals surface area contributed by atoms with Gasteiger partial charge in [0, 0.05) is 24.0 Å². The monoisotopic (exact) mass is 325 g/mol. The summed E-state index contributed by atoms with van der Waals surface area (Å²) in [6, 6.07) is 9.09. The second kappa shape index (κ2) is 6.62. The van der Waals surface area contributed by atoms with Crippen LogP contribution in [0.15, 0.2) is 41.0 Å². The van der Waals surface area contributed by atoms with Crippen molar-refractivity contribution in [1.82, 2.24) is 15.6 Å². The Labute approximate surface area is 139 Å². The first-order valence-electron chi connectivity index (χ1n) is 7.75. The molecule has 0 atom stereocenters. The number of H-pyrrole nitrogens is 1. The van der Waals surface area contributed by atoms with E-state index in [4.69, 9.17) is 4.42 Å². The van der Waals surface area contributed by atoms with E-state index in [1.165, 1.54) is 11.8 Å². The first kappa shape index (κ1) is 15.9. The Bertz CT molecular complexity index is 878. The summed E-state index contributed by atoms with van der Waals surface area (Å²) >= 11 is 0. The van der Waals surface area contributed by atoms with Crippen molar-refractivity contribution in [3.8, 4) is 0 Å². The number of amides is 2. The number of hydrogen-bond donors (Lipinski definition) is 3. The highest BCUT2D eigenvalue weighted by molar-refractivity contribution is 5.99. The van der Waals surface area contributed by atoms with Crippen molar-refractivity contribution in [2.45, 2.75) is 13.8 Å². The van der Waals surface area contributed by atoms with Gasteiger partial charge >= 0.3 is 0 Å². The summed E-state index contributed by atoms with van der Waals surface area (Å²) in [6.07, 6.45) is 1.44. The summed E-state index contributed by atoms with van der Waals surface area (Å²) in [7, 11) is 0. The predicted molar refractivity (Wildman–Crippen MR) is 91.1 cm³/mol. The van der Waals surface area contributed by atoms with Crippen LogP contribution in [0, 0.1) is 13.8 Å². The van der Waals surface area contributed by atoms with Gasteiger partial charge in [0.1, 0.15) is 5.69 Å². The van der Waals surface area contributed by atoms with Crippen molar-refractivity contribution >= 4 is 22.7 Å². The van der Waals surface area contributed by atoms with E-state index in [0.717, 1.165) is 16.5 Å². The van der Waals surface area contributed by atoms with Gasteiger partial charge in [0.05, 0.1) is 6.26 Å². The van der Waals surface area contributed by atoms with Gasteiger partial charge in [0.2, 0.25) is 0 Å². The Balaban J connectivity index is 1.55. The van der Waals surface area contributed by atoms with Gasteiger partial charge in [-0.2, -0.15) is 0 Å². The first-order valence-corrected chi connectivity index (χ1v) is 7.75. The van der Waals surface area contributed by atoms with Gasteiger partial charge < -0.3 is 20.0 Å². The molecule has 2 aromatic heterocycles. The average Bonchev–Trinajstić information content (AvgIpc) is 3.24. The zero-order valence-corrected chi connectivity index (χ0v) is 13.6. The molecule has 2 amide bonds. The number of carbonyl (C=O) groups is 2. The SMILES string of the molecule is Cc1ccc2[nH]c(C(=O)NCCNC(=O)c3ccco3)cc2c1C. The molecule has 0 saturated heterocycles. The van der Waals surface area contributed by atoms with Gasteiger partial charge in [-0.3, -0.25) is 9.59 Å². The van der Waals surface area contributed by atoms with Crippen LogP contribution in [0.3, 0.4) is 0 Å². The Kier molecular flexibility index (Phi) is 4.37. The van der Waals surface area contributed by atoms with Crippen LogP contribution in [0.4, 0.5) is 0 Å². The molecule has 0 spiro atoms. The molecule has 0 fully saturated rings. The van der Waals surface area contributed by atoms with E-state index in [0.29, 0.717) is 18.8 Å². The van der Waals surface area contributed by atoms with Crippen LogP contribution in [0.1, 0.15) is 32.2 Å². The van der Waals surface area contributed by atoms with Crippen molar-refractivity contribution in [2.24, 2.45) is 0 Å². The van der Waals surface area contributed by atoms with Crippen LogP contribution in [0.5, 0.6) is 0 Å². The van der Waals surface area contributed by atoms with Gasteiger partial charge in [-0.25, -0.2) is 0 Å². The molecule has 0 radical (unpaired) electrons. The Morgan fingerprint density at radius 3 is 2.54 bits per heavy atom. The van der Waals surface area contributed by atoms with E-state index >= 15 is 0 Å². The first-order chi connectivity index (χ1) is 11.6. The van der Waals surface area contributed by atoms with Crippen molar-refractivity contribution in [1.29, 1.82) is 0 Å². The van der Waals surface area contributed by atoms with Crippen LogP contribution in [-0.4, -0.2) is 29.9 Å². The third kappa shape index (κ3) is 3.17. The summed E-state index contributed by atoms with van der Waals surface area (Å²) in [5.41, 5.74) is 3.80. The number of hydrogen-bond acceptors (Lipinski definition) is 3. The number of fused-ring (bicyclic) bond motifs is 1. The summed E-state index contributed by atoms with van der Waals surface area (Å²) < 4.78 is 4.99. The standard InChI is InChI=1S/C18H19N3O3/c1-11-5-6-14-13(12(11)2)10-15(21-14)17(22)19-7-8-20-18(23)16-4-3-9-24-16/h3-6,9-10,21H,7-8H2,1-2H3,(H,19,22)(H,20,23). The van der Waals surface area contributed by atoms with Crippen LogP contribution >= 0.6 is 0 Å². The zero-order valence-electron chi connectivity index (χ0n) is 13.6. The van der Waals surface area contributed by atoms with Crippen LogP contribution in [0.25, 0.3) is 10.9 Å². The minimum Gasteiger partial charge on any atom is -0.459 e. The quantitative estimate of drug-likeness (QED) is 0.630. The highest BCUT2D eigenvalue weighted by atomic mass is 16.3. The van der Waals surface area contributed by atoms with Gasteiger partial charge in [-0.1, -0.05) is 6.07 Å². The van der Waals surface area contributed by atoms with Crippen molar-refractivity contribution in [3.63, 3.8) is 0 Å². The lowest BCUT2D eigenvalue weighted by Gasteiger charge is -2.05. The Morgan fingerprint density at radius 1 is 1.08 bits per heavy atom. The summed E-state index contributed by atoms with van der Waals surface area (Å²) in [4.78, 5) is 27.0. The van der Waals surface area contributed by atoms with Gasteiger partial charge in [0.15, 0.2) is 5.76 Å². The molecule has 3 aromatic rings. The number of aromatic nitrogens is 1. The van der Waals surface area contributed by atoms with E-state index in [1.54, 1.807) is 12.1 Å². The molecule has 0 aliphatic rings. The van der Waals surface area contributed by atoms with Gasteiger partial charge in [0.25, 0.3) is 11.8 Å². The molecule has 0 aliphatic carbocycles. The number of aromatic amines is 1. The Morgan fingerprint density at radius 2 is 1.83 bits per heavy atom. The number of furan rings is 1. The maximum absolute atomic E-state index is 12.2. The smallest absolute Gasteiger partial charge is 0.287 e. The molecular weight excluding hydrogens is 306 g/mol. The zero-order chi connectivity index (χ0) is 17.1. The molecule has 0 aliphatic heterocycles. The summed E-state index contributed by atoms with van der Waals surface area (Å²) in [6.45, 7) is 4.74. The molecule has 124 valence electrons. The van der Waals surface area contributed by atoms with Crippen molar-refractivity contribution in [3.05, 3.63) is 59.2 Å². The molecule has 24 heavy (non-hydrogen) atoms. The molecule has 6 heteroatoms. The molecule has 0 unspecified atom stereocenters. The van der Waals surface area contributed by atoms with Gasteiger partial charge in [-0.15, -0.1) is 0 Å². The Hall–Kier alpha value is -3.02. The molecule has 3 N–H and O–H groups in total. The number of benzene rings is 1. The minimum absolute atomic E-state index is 0.199. The van der Waals surface area contributed by atoms with E-state index < -0.39 is 0 Å². The number of carbonyl (C=O) groups excluding carboxylic acids is 2. The number of rotatable bonds is 5. The fourth-order valence-electron chi connectivity index (χ4n) is 2.52. The van der Waals surface area contributed by atoms with Gasteiger partial charge in [-0.05, 0) is 49.2 Å². The van der Waals surface area contributed by atoms with Crippen molar-refractivity contribution < 1.29 is 14.0 Å². The van der Waals surface area contributed by atoms with Crippen LogP contribution in [-0.2, 0) is 0 Å². The largest absolute Gasteiger partial charge is 0.459 e. The maximum Gasteiger partial charge on any atom is 0.287 e. The summed E-state index contributed by atoms with van der Waals surface area (Å²) in [5, 5.41) is 6.50. The van der Waals surface area contributed by atoms with E-state index in [-0.39, 0.29) is 17.6 Å². The van der Waals surface area contributed by atoms with Crippen molar-refractivity contribution in [2.75, 3.05) is 13.1 Å². The molecule has 6 nitrogen and oxygen atoms in total. The lowest BCUT2D eigenvalue weighted by Crippen LogP contribution is -2.34. The maximum atomic E-state index is 12.2. The third-order valence-corrected chi connectivity index (χ3v) is 4.03. The topological polar surface area (TPSA) is 87.1 Å². The summed E-state index contributed by atoms with van der Waals surface area (Å²) in [5.74, 6) is -0.246. The minimum atomic E-state index is -0.300. The van der Waals surface area contributed by atoms with Crippen LogP contribution in [0.2, 0.25) is 0 Å². The van der Waals surface area contributed by atoms with Crippen LogP contribution < -0.4 is 10.6 Å². The number of nitrogens with one attached hydrogen (secondary N) is 3. The van der Waals surface area contributed by atoms with E-state index in [9.17, 15) is 9.59 Å². The molecule has 3 rings (SSSR count). The second-order valence-electron chi connectivity index (χ2n) is 5.64. The highest BCUT2D eigenvalue weighted by Gasteiger charge is 2.12. The lowest BCUT2D eigenvalue weighted by molar-refractivity contribution is 0.0909. The molecule has 0 saturated carbocycles. The normalized spacial score (nSPS) is 10.8. The molecule has 0 bridgehead atoms. The fraction of sp³-hybridized carbons (Fsp3) is 0.222. The number of aryl methyl sites for hydroxylation is 2. The average molecular weight is 325 g/mol. The second-order valence-corrected chi connectivity index (χ2v) is 5.64. The molecular formula is C18H19N3O3. The van der Waals surface area contributed by atoms with E-state index in [2.05, 4.69) is 15.6 Å². The fourth-order valence-corrected chi connectivity index (χ4v) is 2.52. The predicted octanol–water partition coefficient (Wildman–Crippen LogP) is 2.54. The van der Waals surface area contributed by atoms with E-state index in [1.807, 2.05) is 32.0 Å². The highest BCUT2D eigenvalue weighted by Crippen LogP contribution is 2.22. The lowest BCUT2D eigenvalue weighted by atomic mass is 10.1. The molecule has 1 aromatic carbocycles.